The van der Waals surface area contributed by atoms with E-state index in [9.17, 15) is 0 Å². The first-order chi connectivity index (χ1) is 9.78. The van der Waals surface area contributed by atoms with Crippen LogP contribution in [0.1, 0.15) is 11.1 Å². The van der Waals surface area contributed by atoms with Crippen molar-refractivity contribution in [3.8, 4) is 11.5 Å². The van der Waals surface area contributed by atoms with E-state index >= 15 is 0 Å². The van der Waals surface area contributed by atoms with E-state index < -0.39 is 5.72 Å². The molecule has 1 atom stereocenters. The fraction of sp³-hybridized carbons (Fsp3) is 0.176. The van der Waals surface area contributed by atoms with Gasteiger partial charge in [-0.05, 0) is 42.0 Å². The highest BCUT2D eigenvalue weighted by Crippen LogP contribution is 2.40. The van der Waals surface area contributed by atoms with Crippen LogP contribution in [0.4, 0.5) is 5.69 Å². The van der Waals surface area contributed by atoms with Crippen LogP contribution in [0.25, 0.3) is 6.08 Å². The largest absolute Gasteiger partial charge is 0.497 e. The van der Waals surface area contributed by atoms with Crippen molar-refractivity contribution in [3.63, 3.8) is 0 Å². The van der Waals surface area contributed by atoms with Gasteiger partial charge in [-0.25, -0.2) is 0 Å². The molecule has 3 nitrogen and oxygen atoms in total. The molecule has 3 heteroatoms. The molecule has 0 fully saturated rings. The summed E-state index contributed by atoms with van der Waals surface area (Å²) in [5, 5.41) is 3.48. The molecule has 0 bridgehead atoms. The summed E-state index contributed by atoms with van der Waals surface area (Å²) < 4.78 is 11.5. The second kappa shape index (κ2) is 4.04. The summed E-state index contributed by atoms with van der Waals surface area (Å²) in [7, 11) is 1.67. The van der Waals surface area contributed by atoms with Crippen LogP contribution in [0.5, 0.6) is 11.5 Å². The second-order valence-corrected chi connectivity index (χ2v) is 5.19. The highest BCUT2D eigenvalue weighted by atomic mass is 16.5. The minimum Gasteiger partial charge on any atom is -0.497 e. The standard InChI is InChI=1S/C17H15NO2/c1-19-14-6-7-16-12(10-14)8-9-17(20-16)11-13-4-2-3-5-15(13)18-17/h2-10,18H,11H2,1H3. The van der Waals surface area contributed by atoms with Crippen molar-refractivity contribution >= 4 is 11.8 Å². The highest BCUT2D eigenvalue weighted by molar-refractivity contribution is 5.68. The maximum Gasteiger partial charge on any atom is 0.204 e. The van der Waals surface area contributed by atoms with Gasteiger partial charge in [-0.3, -0.25) is 0 Å². The van der Waals surface area contributed by atoms with Crippen molar-refractivity contribution in [1.29, 1.82) is 0 Å². The molecular formula is C17H15NO2. The maximum absolute atomic E-state index is 6.21. The number of ether oxygens (including phenoxy) is 2. The number of para-hydroxylation sites is 1. The zero-order chi connectivity index (χ0) is 13.6. The number of anilines is 1. The third-order valence-corrected chi connectivity index (χ3v) is 3.86. The number of methoxy groups -OCH3 is 1. The first-order valence-corrected chi connectivity index (χ1v) is 6.70. The molecule has 0 aromatic heterocycles. The average molecular weight is 265 g/mol. The van der Waals surface area contributed by atoms with Crippen molar-refractivity contribution in [3.05, 3.63) is 59.7 Å². The van der Waals surface area contributed by atoms with Crippen LogP contribution in [0.3, 0.4) is 0 Å². The van der Waals surface area contributed by atoms with Gasteiger partial charge >= 0.3 is 0 Å². The molecule has 1 spiro atoms. The zero-order valence-electron chi connectivity index (χ0n) is 11.2. The average Bonchev–Trinajstić information content (AvgIpc) is 2.84. The second-order valence-electron chi connectivity index (χ2n) is 5.19. The SMILES string of the molecule is COc1ccc2c(c1)C=CC1(Cc3ccccc3N1)O2. The number of nitrogens with one attached hydrogen (secondary N) is 1. The summed E-state index contributed by atoms with van der Waals surface area (Å²) >= 11 is 0. The lowest BCUT2D eigenvalue weighted by molar-refractivity contribution is 0.155. The molecule has 4 rings (SSSR count). The van der Waals surface area contributed by atoms with Crippen molar-refractivity contribution < 1.29 is 9.47 Å². The van der Waals surface area contributed by atoms with Gasteiger partial charge in [0.25, 0.3) is 0 Å². The quantitative estimate of drug-likeness (QED) is 0.856. The molecule has 2 aliphatic heterocycles. The lowest BCUT2D eigenvalue weighted by atomic mass is 10.0. The highest BCUT2D eigenvalue weighted by Gasteiger charge is 2.38. The van der Waals surface area contributed by atoms with Gasteiger partial charge in [0.05, 0.1) is 7.11 Å². The molecule has 0 saturated heterocycles. The van der Waals surface area contributed by atoms with Gasteiger partial charge in [-0.2, -0.15) is 0 Å². The topological polar surface area (TPSA) is 30.5 Å². The molecule has 1 unspecified atom stereocenters. The predicted octanol–water partition coefficient (Wildman–Crippen LogP) is 3.47. The number of hydrogen-bond donors (Lipinski definition) is 1. The molecule has 2 aromatic carbocycles. The zero-order valence-corrected chi connectivity index (χ0v) is 11.2. The number of fused-ring (bicyclic) bond motifs is 2. The van der Waals surface area contributed by atoms with E-state index in [0.29, 0.717) is 0 Å². The summed E-state index contributed by atoms with van der Waals surface area (Å²) in [6.07, 6.45) is 5.03. The first kappa shape index (κ1) is 11.4. The van der Waals surface area contributed by atoms with Gasteiger partial charge in [0.2, 0.25) is 5.72 Å². The normalized spacial score (nSPS) is 21.9. The number of rotatable bonds is 1. The van der Waals surface area contributed by atoms with Gasteiger partial charge in [0.1, 0.15) is 11.5 Å². The fourth-order valence-corrected chi connectivity index (χ4v) is 2.85. The number of benzene rings is 2. The molecule has 0 radical (unpaired) electrons. The Morgan fingerprint density at radius 3 is 2.95 bits per heavy atom. The minimum absolute atomic E-state index is 0.453. The Morgan fingerprint density at radius 1 is 1.20 bits per heavy atom. The first-order valence-electron chi connectivity index (χ1n) is 6.70. The van der Waals surface area contributed by atoms with Crippen LogP contribution in [-0.2, 0) is 6.42 Å². The molecule has 0 saturated carbocycles. The molecular weight excluding hydrogens is 250 g/mol. The van der Waals surface area contributed by atoms with Gasteiger partial charge in [0, 0.05) is 17.7 Å². The van der Waals surface area contributed by atoms with Crippen LogP contribution < -0.4 is 14.8 Å². The third kappa shape index (κ3) is 1.67. The Balaban J connectivity index is 1.69. The van der Waals surface area contributed by atoms with Gasteiger partial charge in [-0.15, -0.1) is 0 Å². The van der Waals surface area contributed by atoms with Crippen LogP contribution in [0, 0.1) is 0 Å². The Morgan fingerprint density at radius 2 is 2.10 bits per heavy atom. The van der Waals surface area contributed by atoms with Crippen LogP contribution in [0.15, 0.2) is 48.5 Å². The van der Waals surface area contributed by atoms with Crippen molar-refractivity contribution in [2.24, 2.45) is 0 Å². The Hall–Kier alpha value is -2.42. The van der Waals surface area contributed by atoms with Crippen molar-refractivity contribution in [2.45, 2.75) is 12.1 Å². The van der Waals surface area contributed by atoms with E-state index in [1.165, 1.54) is 5.56 Å². The Bertz CT molecular complexity index is 681. The van der Waals surface area contributed by atoms with Crippen molar-refractivity contribution in [2.75, 3.05) is 12.4 Å². The predicted molar refractivity (Wildman–Crippen MR) is 79.2 cm³/mol. The van der Waals surface area contributed by atoms with Crippen molar-refractivity contribution in [1.82, 2.24) is 0 Å². The van der Waals surface area contributed by atoms with E-state index in [2.05, 4.69) is 35.7 Å². The third-order valence-electron chi connectivity index (χ3n) is 3.86. The monoisotopic (exact) mass is 265 g/mol. The number of hydrogen-bond acceptors (Lipinski definition) is 3. The summed E-state index contributed by atoms with van der Waals surface area (Å²) in [5.74, 6) is 1.73. The lowest BCUT2D eigenvalue weighted by Gasteiger charge is -2.32. The summed E-state index contributed by atoms with van der Waals surface area (Å²) in [6.45, 7) is 0. The maximum atomic E-state index is 6.21. The van der Waals surface area contributed by atoms with E-state index in [0.717, 1.165) is 29.2 Å². The summed E-state index contributed by atoms with van der Waals surface area (Å²) in [5.41, 5.74) is 3.03. The van der Waals surface area contributed by atoms with Gasteiger partial charge in [0.15, 0.2) is 0 Å². The molecule has 1 N–H and O–H groups in total. The molecule has 2 heterocycles. The molecule has 2 aliphatic rings. The van der Waals surface area contributed by atoms with E-state index in [4.69, 9.17) is 9.47 Å². The Labute approximate surface area is 117 Å². The van der Waals surface area contributed by atoms with Gasteiger partial charge < -0.3 is 14.8 Å². The Kier molecular flexibility index (Phi) is 2.30. The molecule has 20 heavy (non-hydrogen) atoms. The lowest BCUT2D eigenvalue weighted by Crippen LogP contribution is -2.41. The molecule has 2 aromatic rings. The summed E-state index contributed by atoms with van der Waals surface area (Å²) in [6, 6.07) is 14.2. The van der Waals surface area contributed by atoms with Gasteiger partial charge in [-0.1, -0.05) is 18.2 Å². The van der Waals surface area contributed by atoms with Crippen LogP contribution in [-0.4, -0.2) is 12.8 Å². The smallest absolute Gasteiger partial charge is 0.204 e. The summed E-state index contributed by atoms with van der Waals surface area (Å²) in [4.78, 5) is 0. The van der Waals surface area contributed by atoms with E-state index in [1.54, 1.807) is 7.11 Å². The molecule has 0 aliphatic carbocycles. The molecule has 100 valence electrons. The molecule has 0 amide bonds. The fourth-order valence-electron chi connectivity index (χ4n) is 2.85. The van der Waals surface area contributed by atoms with E-state index in [-0.39, 0.29) is 0 Å². The van der Waals surface area contributed by atoms with E-state index in [1.807, 2.05) is 24.3 Å². The van der Waals surface area contributed by atoms with Crippen LogP contribution in [0.2, 0.25) is 0 Å². The minimum atomic E-state index is -0.453. The van der Waals surface area contributed by atoms with Crippen LogP contribution >= 0.6 is 0 Å².